The molecule has 0 radical (unpaired) electrons. The molecule has 1 aromatic heterocycles. The standard InChI is InChI=1S/C25H29N3O3S/c1-17(24(29)18-6-11-23-19(14-18)15-27-16-25(23,2)3)13-21-5-4-12-28(21)20-7-9-22(10-8-20)32(26,30)31/h4-12,14,17,27H,13,15-16H2,1-3H3,(H2,26,30,31). The number of primary sulfonamides is 1. The Morgan fingerprint density at radius 1 is 1.16 bits per heavy atom. The smallest absolute Gasteiger partial charge is 0.238 e. The Labute approximate surface area is 189 Å². The average molecular weight is 452 g/mol. The van der Waals surface area contributed by atoms with Gasteiger partial charge in [0, 0.05) is 47.6 Å². The molecule has 1 aliphatic rings. The molecule has 1 aliphatic heterocycles. The van der Waals surface area contributed by atoms with Gasteiger partial charge in [0.15, 0.2) is 5.78 Å². The van der Waals surface area contributed by atoms with Crippen LogP contribution >= 0.6 is 0 Å². The van der Waals surface area contributed by atoms with Gasteiger partial charge in [-0.15, -0.1) is 0 Å². The van der Waals surface area contributed by atoms with E-state index in [-0.39, 0.29) is 22.0 Å². The van der Waals surface area contributed by atoms with Crippen molar-refractivity contribution >= 4 is 15.8 Å². The van der Waals surface area contributed by atoms with Crippen LogP contribution in [0.2, 0.25) is 0 Å². The predicted molar refractivity (Wildman–Crippen MR) is 126 cm³/mol. The first kappa shape index (κ1) is 22.5. The van der Waals surface area contributed by atoms with E-state index in [2.05, 4.69) is 25.2 Å². The number of aromatic nitrogens is 1. The monoisotopic (exact) mass is 451 g/mol. The van der Waals surface area contributed by atoms with Crippen molar-refractivity contribution in [2.24, 2.45) is 11.1 Å². The number of ketones is 1. The average Bonchev–Trinajstić information content (AvgIpc) is 3.20. The number of hydrogen-bond acceptors (Lipinski definition) is 4. The minimum absolute atomic E-state index is 0.0559. The highest BCUT2D eigenvalue weighted by Gasteiger charge is 2.28. The molecule has 0 amide bonds. The summed E-state index contributed by atoms with van der Waals surface area (Å²) in [4.78, 5) is 13.3. The van der Waals surface area contributed by atoms with Crippen molar-refractivity contribution < 1.29 is 13.2 Å². The summed E-state index contributed by atoms with van der Waals surface area (Å²) in [6.07, 6.45) is 2.48. The first-order valence-corrected chi connectivity index (χ1v) is 12.3. The first-order chi connectivity index (χ1) is 15.1. The van der Waals surface area contributed by atoms with Crippen molar-refractivity contribution in [3.8, 4) is 5.69 Å². The molecule has 0 bridgehead atoms. The van der Waals surface area contributed by atoms with Crippen LogP contribution in [0.5, 0.6) is 0 Å². The summed E-state index contributed by atoms with van der Waals surface area (Å²) < 4.78 is 25.0. The van der Waals surface area contributed by atoms with E-state index in [1.54, 1.807) is 12.1 Å². The van der Waals surface area contributed by atoms with Gasteiger partial charge >= 0.3 is 0 Å². The van der Waals surface area contributed by atoms with Crippen LogP contribution in [0.25, 0.3) is 5.69 Å². The highest BCUT2D eigenvalue weighted by atomic mass is 32.2. The number of benzene rings is 2. The maximum atomic E-state index is 13.2. The number of nitrogens with two attached hydrogens (primary N) is 1. The summed E-state index contributed by atoms with van der Waals surface area (Å²) in [5.74, 6) is -0.0801. The molecule has 6 nitrogen and oxygen atoms in total. The van der Waals surface area contributed by atoms with Crippen LogP contribution in [-0.4, -0.2) is 25.3 Å². The van der Waals surface area contributed by atoms with Crippen LogP contribution in [0, 0.1) is 5.92 Å². The summed E-state index contributed by atoms with van der Waals surface area (Å²) in [5.41, 5.74) is 5.09. The van der Waals surface area contributed by atoms with Crippen molar-refractivity contribution in [3.63, 3.8) is 0 Å². The lowest BCUT2D eigenvalue weighted by Crippen LogP contribution is -2.38. The van der Waals surface area contributed by atoms with Crippen LogP contribution < -0.4 is 10.5 Å². The Kier molecular flexibility index (Phi) is 5.83. The van der Waals surface area contributed by atoms with Gasteiger partial charge in [0.25, 0.3) is 0 Å². The van der Waals surface area contributed by atoms with Gasteiger partial charge in [-0.1, -0.05) is 32.9 Å². The third-order valence-electron chi connectivity index (χ3n) is 6.24. The maximum absolute atomic E-state index is 13.2. The molecule has 168 valence electrons. The van der Waals surface area contributed by atoms with E-state index >= 15 is 0 Å². The Bertz CT molecular complexity index is 1260. The zero-order valence-electron chi connectivity index (χ0n) is 18.6. The molecular formula is C25H29N3O3S. The molecule has 3 aromatic rings. The van der Waals surface area contributed by atoms with Crippen LogP contribution in [0.1, 0.15) is 48.0 Å². The lowest BCUT2D eigenvalue weighted by molar-refractivity contribution is 0.0928. The maximum Gasteiger partial charge on any atom is 0.238 e. The summed E-state index contributed by atoms with van der Waals surface area (Å²) in [7, 11) is -3.73. The molecule has 2 aromatic carbocycles. The lowest BCUT2D eigenvalue weighted by Gasteiger charge is -2.33. The fourth-order valence-corrected chi connectivity index (χ4v) is 5.00. The largest absolute Gasteiger partial charge is 0.321 e. The van der Waals surface area contributed by atoms with E-state index < -0.39 is 10.0 Å². The van der Waals surface area contributed by atoms with Gasteiger partial charge < -0.3 is 9.88 Å². The number of carbonyl (C=O) groups is 1. The van der Waals surface area contributed by atoms with Gasteiger partial charge in [0.2, 0.25) is 10.0 Å². The minimum Gasteiger partial charge on any atom is -0.321 e. The second kappa shape index (κ2) is 8.31. The van der Waals surface area contributed by atoms with E-state index in [1.165, 1.54) is 23.3 Å². The highest BCUT2D eigenvalue weighted by molar-refractivity contribution is 7.89. The molecule has 0 fully saturated rings. The summed E-state index contributed by atoms with van der Waals surface area (Å²) >= 11 is 0. The quantitative estimate of drug-likeness (QED) is 0.560. The summed E-state index contributed by atoms with van der Waals surface area (Å²) in [5, 5.41) is 8.63. The SMILES string of the molecule is CC(Cc1cccn1-c1ccc(S(N)(=O)=O)cc1)C(=O)c1ccc2c(c1)CNCC2(C)C. The van der Waals surface area contributed by atoms with E-state index in [1.807, 2.05) is 42.0 Å². The molecule has 32 heavy (non-hydrogen) atoms. The highest BCUT2D eigenvalue weighted by Crippen LogP contribution is 2.31. The molecular weight excluding hydrogens is 422 g/mol. The Balaban J connectivity index is 1.54. The molecule has 4 rings (SSSR count). The number of nitrogens with one attached hydrogen (secondary N) is 1. The Morgan fingerprint density at radius 2 is 1.88 bits per heavy atom. The van der Waals surface area contributed by atoms with Crippen LogP contribution in [0.15, 0.2) is 65.7 Å². The molecule has 0 saturated carbocycles. The molecule has 2 heterocycles. The van der Waals surface area contributed by atoms with Gasteiger partial charge in [-0.05, 0) is 60.0 Å². The summed E-state index contributed by atoms with van der Waals surface area (Å²) in [6.45, 7) is 8.09. The number of fused-ring (bicyclic) bond motifs is 1. The molecule has 0 spiro atoms. The lowest BCUT2D eigenvalue weighted by atomic mass is 9.78. The second-order valence-electron chi connectivity index (χ2n) is 9.24. The van der Waals surface area contributed by atoms with E-state index in [9.17, 15) is 13.2 Å². The molecule has 3 N–H and O–H groups in total. The summed E-state index contributed by atoms with van der Waals surface area (Å²) in [6, 6.07) is 16.4. The van der Waals surface area contributed by atoms with E-state index in [0.29, 0.717) is 6.42 Å². The number of nitrogens with zero attached hydrogens (tertiary/aromatic N) is 1. The number of rotatable bonds is 6. The number of Topliss-reactive ketones (excluding diaryl/α,β-unsaturated/α-hetero) is 1. The van der Waals surface area contributed by atoms with Gasteiger partial charge in [-0.2, -0.15) is 0 Å². The fourth-order valence-electron chi connectivity index (χ4n) is 4.48. The Morgan fingerprint density at radius 3 is 2.56 bits per heavy atom. The zero-order valence-corrected chi connectivity index (χ0v) is 19.4. The molecule has 0 saturated heterocycles. The fraction of sp³-hybridized carbons (Fsp3) is 0.320. The molecule has 1 unspecified atom stereocenters. The second-order valence-corrected chi connectivity index (χ2v) is 10.8. The van der Waals surface area contributed by atoms with Crippen molar-refractivity contribution in [3.05, 3.63) is 83.2 Å². The zero-order chi connectivity index (χ0) is 23.1. The third kappa shape index (κ3) is 4.41. The van der Waals surface area contributed by atoms with Crippen molar-refractivity contribution in [1.29, 1.82) is 0 Å². The van der Waals surface area contributed by atoms with E-state index in [4.69, 9.17) is 5.14 Å². The van der Waals surface area contributed by atoms with E-state index in [0.717, 1.165) is 30.0 Å². The van der Waals surface area contributed by atoms with Crippen LogP contribution in [0.4, 0.5) is 0 Å². The minimum atomic E-state index is -3.73. The predicted octanol–water partition coefficient (Wildman–Crippen LogP) is 3.57. The van der Waals surface area contributed by atoms with Crippen molar-refractivity contribution in [2.75, 3.05) is 6.54 Å². The van der Waals surface area contributed by atoms with Crippen molar-refractivity contribution in [1.82, 2.24) is 9.88 Å². The van der Waals surface area contributed by atoms with Crippen molar-refractivity contribution in [2.45, 2.75) is 44.0 Å². The normalized spacial score (nSPS) is 16.4. The molecule has 7 heteroatoms. The van der Waals surface area contributed by atoms with Crippen LogP contribution in [-0.2, 0) is 28.4 Å². The number of sulfonamides is 1. The topological polar surface area (TPSA) is 94.2 Å². The Hall–Kier alpha value is -2.74. The van der Waals surface area contributed by atoms with Gasteiger partial charge in [-0.3, -0.25) is 4.79 Å². The van der Waals surface area contributed by atoms with Gasteiger partial charge in [0.05, 0.1) is 4.90 Å². The number of carbonyl (C=O) groups excluding carboxylic acids is 1. The third-order valence-corrected chi connectivity index (χ3v) is 7.17. The molecule has 0 aliphatic carbocycles. The van der Waals surface area contributed by atoms with Crippen LogP contribution in [0.3, 0.4) is 0 Å². The van der Waals surface area contributed by atoms with Gasteiger partial charge in [0.1, 0.15) is 0 Å². The van der Waals surface area contributed by atoms with Gasteiger partial charge in [-0.25, -0.2) is 13.6 Å². The first-order valence-electron chi connectivity index (χ1n) is 10.7. The molecule has 1 atom stereocenters. The number of hydrogen-bond donors (Lipinski definition) is 2.